The highest BCUT2D eigenvalue weighted by atomic mass is 79.9. The fourth-order valence-electron chi connectivity index (χ4n) is 2.52. The Bertz CT molecular complexity index is 1110. The molecule has 4 rings (SSSR count). The Morgan fingerprint density at radius 2 is 1.96 bits per heavy atom. The SMILES string of the molecule is O=[N+]([O-])c1ccc(-c2ccc(/C=C/c3nc4ccccc4s3)o2)c(Br)c1. The molecule has 5 nitrogen and oxygen atoms in total. The van der Waals surface area contributed by atoms with E-state index in [9.17, 15) is 10.1 Å². The van der Waals surface area contributed by atoms with Gasteiger partial charge >= 0.3 is 0 Å². The molecule has 4 aromatic rings. The third-order valence-corrected chi connectivity index (χ3v) is 5.41. The summed E-state index contributed by atoms with van der Waals surface area (Å²) in [6, 6.07) is 16.3. The zero-order valence-electron chi connectivity index (χ0n) is 13.3. The molecule has 0 spiro atoms. The zero-order chi connectivity index (χ0) is 18.1. The van der Waals surface area contributed by atoms with Crippen molar-refractivity contribution in [2.75, 3.05) is 0 Å². The van der Waals surface area contributed by atoms with Crippen LogP contribution in [-0.2, 0) is 0 Å². The minimum atomic E-state index is -0.428. The predicted molar refractivity (Wildman–Crippen MR) is 107 cm³/mol. The first-order chi connectivity index (χ1) is 12.6. The van der Waals surface area contributed by atoms with E-state index in [-0.39, 0.29) is 5.69 Å². The van der Waals surface area contributed by atoms with Crippen LogP contribution in [0.15, 0.2) is 63.5 Å². The summed E-state index contributed by atoms with van der Waals surface area (Å²) in [7, 11) is 0. The summed E-state index contributed by atoms with van der Waals surface area (Å²) in [5.41, 5.74) is 1.77. The first-order valence-electron chi connectivity index (χ1n) is 7.68. The molecular formula is C19H11BrN2O3S. The number of halogens is 1. The van der Waals surface area contributed by atoms with E-state index in [0.717, 1.165) is 20.8 Å². The van der Waals surface area contributed by atoms with Gasteiger partial charge in [0.15, 0.2) is 0 Å². The van der Waals surface area contributed by atoms with Crippen LogP contribution < -0.4 is 0 Å². The summed E-state index contributed by atoms with van der Waals surface area (Å²) in [5, 5.41) is 11.7. The number of nitro benzene ring substituents is 1. The molecule has 2 aromatic carbocycles. The second-order valence-electron chi connectivity index (χ2n) is 5.48. The fraction of sp³-hybridized carbons (Fsp3) is 0. The Hall–Kier alpha value is -2.77. The van der Waals surface area contributed by atoms with Gasteiger partial charge < -0.3 is 4.42 Å². The highest BCUT2D eigenvalue weighted by Crippen LogP contribution is 2.33. The molecule has 0 N–H and O–H groups in total. The number of non-ortho nitro benzene ring substituents is 1. The van der Waals surface area contributed by atoms with Crippen molar-refractivity contribution in [3.8, 4) is 11.3 Å². The highest BCUT2D eigenvalue weighted by molar-refractivity contribution is 9.10. The second kappa shape index (κ2) is 6.86. The number of para-hydroxylation sites is 1. The minimum absolute atomic E-state index is 0.0307. The van der Waals surface area contributed by atoms with Gasteiger partial charge in [0.2, 0.25) is 0 Å². The molecule has 0 atom stereocenters. The normalized spacial score (nSPS) is 11.4. The van der Waals surface area contributed by atoms with E-state index in [4.69, 9.17) is 4.42 Å². The van der Waals surface area contributed by atoms with E-state index >= 15 is 0 Å². The molecule has 26 heavy (non-hydrogen) atoms. The molecule has 0 saturated heterocycles. The summed E-state index contributed by atoms with van der Waals surface area (Å²) in [6.45, 7) is 0. The van der Waals surface area contributed by atoms with Crippen LogP contribution in [0.2, 0.25) is 0 Å². The number of furan rings is 1. The molecule has 2 heterocycles. The number of hydrogen-bond donors (Lipinski definition) is 0. The molecule has 0 unspecified atom stereocenters. The van der Waals surface area contributed by atoms with Gasteiger partial charge in [0.05, 0.1) is 15.1 Å². The molecule has 0 amide bonds. The lowest BCUT2D eigenvalue weighted by Crippen LogP contribution is -1.88. The molecule has 0 bridgehead atoms. The van der Waals surface area contributed by atoms with Crippen molar-refractivity contribution >= 4 is 55.3 Å². The molecule has 0 radical (unpaired) electrons. The van der Waals surface area contributed by atoms with E-state index < -0.39 is 4.92 Å². The lowest BCUT2D eigenvalue weighted by atomic mass is 10.1. The fourth-order valence-corrected chi connectivity index (χ4v) is 3.95. The lowest BCUT2D eigenvalue weighted by molar-refractivity contribution is -0.384. The molecule has 0 aliphatic rings. The van der Waals surface area contributed by atoms with E-state index in [1.165, 1.54) is 12.1 Å². The second-order valence-corrected chi connectivity index (χ2v) is 7.39. The number of nitrogens with zero attached hydrogens (tertiary/aromatic N) is 2. The van der Waals surface area contributed by atoms with Crippen molar-refractivity contribution in [2.24, 2.45) is 0 Å². The zero-order valence-corrected chi connectivity index (χ0v) is 15.7. The standard InChI is InChI=1S/C19H11BrN2O3S/c20-15-11-12(22(23)24)5-8-14(15)17-9-6-13(25-17)7-10-19-21-16-3-1-2-4-18(16)26-19/h1-11H/b10-7+. The number of fused-ring (bicyclic) bond motifs is 1. The van der Waals surface area contributed by atoms with Crippen molar-refractivity contribution in [3.63, 3.8) is 0 Å². The molecule has 0 aliphatic carbocycles. The van der Waals surface area contributed by atoms with Crippen LogP contribution in [0.4, 0.5) is 5.69 Å². The molecular weight excluding hydrogens is 416 g/mol. The Morgan fingerprint density at radius 1 is 1.12 bits per heavy atom. The van der Waals surface area contributed by atoms with Gasteiger partial charge in [-0.2, -0.15) is 0 Å². The molecule has 2 aromatic heterocycles. The number of nitro groups is 1. The minimum Gasteiger partial charge on any atom is -0.457 e. The maximum absolute atomic E-state index is 10.8. The quantitative estimate of drug-likeness (QED) is 0.279. The molecule has 7 heteroatoms. The monoisotopic (exact) mass is 426 g/mol. The van der Waals surface area contributed by atoms with E-state index in [2.05, 4.69) is 20.9 Å². The summed E-state index contributed by atoms with van der Waals surface area (Å²) >= 11 is 4.98. The Labute approximate surface area is 160 Å². The number of rotatable bonds is 4. The van der Waals surface area contributed by atoms with Gasteiger partial charge in [-0.05, 0) is 58.4 Å². The van der Waals surface area contributed by atoms with Crippen molar-refractivity contribution < 1.29 is 9.34 Å². The largest absolute Gasteiger partial charge is 0.457 e. The highest BCUT2D eigenvalue weighted by Gasteiger charge is 2.12. The van der Waals surface area contributed by atoms with Crippen LogP contribution in [-0.4, -0.2) is 9.91 Å². The van der Waals surface area contributed by atoms with Crippen LogP contribution in [0.25, 0.3) is 33.7 Å². The maximum atomic E-state index is 10.8. The maximum Gasteiger partial charge on any atom is 0.270 e. The topological polar surface area (TPSA) is 69.2 Å². The van der Waals surface area contributed by atoms with E-state index in [1.54, 1.807) is 17.4 Å². The first kappa shape index (κ1) is 16.7. The third-order valence-electron chi connectivity index (χ3n) is 3.76. The third kappa shape index (κ3) is 3.31. The summed E-state index contributed by atoms with van der Waals surface area (Å²) in [6.07, 6.45) is 3.78. The Kier molecular flexibility index (Phi) is 4.40. The van der Waals surface area contributed by atoms with Gasteiger partial charge in [-0.25, -0.2) is 4.98 Å². The molecule has 0 saturated carbocycles. The van der Waals surface area contributed by atoms with Gasteiger partial charge in [-0.3, -0.25) is 10.1 Å². The average Bonchev–Trinajstić information content (AvgIpc) is 3.26. The van der Waals surface area contributed by atoms with Gasteiger partial charge in [-0.1, -0.05) is 12.1 Å². The van der Waals surface area contributed by atoms with Gasteiger partial charge in [0.25, 0.3) is 5.69 Å². The predicted octanol–water partition coefficient (Wildman–Crippen LogP) is 6.40. The number of benzene rings is 2. The first-order valence-corrected chi connectivity index (χ1v) is 9.29. The summed E-state index contributed by atoms with van der Waals surface area (Å²) in [5.74, 6) is 1.32. The van der Waals surface area contributed by atoms with Crippen molar-refractivity contribution in [1.29, 1.82) is 0 Å². The number of hydrogen-bond acceptors (Lipinski definition) is 5. The Balaban J connectivity index is 1.59. The van der Waals surface area contributed by atoms with Crippen LogP contribution in [0, 0.1) is 10.1 Å². The number of thiazole rings is 1. The average molecular weight is 427 g/mol. The molecule has 0 fully saturated rings. The molecule has 128 valence electrons. The van der Waals surface area contributed by atoms with Crippen LogP contribution in [0.3, 0.4) is 0 Å². The van der Waals surface area contributed by atoms with Crippen molar-refractivity contribution in [3.05, 3.63) is 80.0 Å². The van der Waals surface area contributed by atoms with Crippen molar-refractivity contribution in [2.45, 2.75) is 0 Å². The van der Waals surface area contributed by atoms with E-state index in [1.807, 2.05) is 48.6 Å². The summed E-state index contributed by atoms with van der Waals surface area (Å²) in [4.78, 5) is 15.0. The van der Waals surface area contributed by atoms with Gasteiger partial charge in [-0.15, -0.1) is 11.3 Å². The van der Waals surface area contributed by atoms with Crippen LogP contribution >= 0.6 is 27.3 Å². The lowest BCUT2D eigenvalue weighted by Gasteiger charge is -2.00. The molecule has 0 aliphatic heterocycles. The Morgan fingerprint density at radius 3 is 2.73 bits per heavy atom. The van der Waals surface area contributed by atoms with Crippen LogP contribution in [0.1, 0.15) is 10.8 Å². The van der Waals surface area contributed by atoms with Crippen molar-refractivity contribution in [1.82, 2.24) is 4.98 Å². The van der Waals surface area contributed by atoms with Gasteiger partial charge in [0, 0.05) is 22.2 Å². The van der Waals surface area contributed by atoms with Gasteiger partial charge in [0.1, 0.15) is 16.5 Å². The number of aromatic nitrogens is 1. The summed E-state index contributed by atoms with van der Waals surface area (Å²) < 4.78 is 7.59. The van der Waals surface area contributed by atoms with Crippen LogP contribution in [0.5, 0.6) is 0 Å². The smallest absolute Gasteiger partial charge is 0.270 e. The van der Waals surface area contributed by atoms with E-state index in [0.29, 0.717) is 16.0 Å².